The van der Waals surface area contributed by atoms with Crippen molar-refractivity contribution >= 4 is 5.91 Å². The van der Waals surface area contributed by atoms with Crippen molar-refractivity contribution in [2.75, 3.05) is 13.2 Å². The number of nitrogens with zero attached hydrogens (tertiary/aromatic N) is 1. The Hall–Kier alpha value is -0.730. The molecule has 1 fully saturated rings. The highest BCUT2D eigenvalue weighted by Crippen LogP contribution is 2.23. The smallest absolute Gasteiger partial charge is 0.219 e. The van der Waals surface area contributed by atoms with Crippen LogP contribution in [0.3, 0.4) is 0 Å². The summed E-state index contributed by atoms with van der Waals surface area (Å²) in [7, 11) is 0. The minimum absolute atomic E-state index is 0.332. The Kier molecular flexibility index (Phi) is 9.01. The SMILES string of the molecule is CCCCCCCCN(C(C)=O)[C@@H]1[C@@H](O)[C@H](O)[C@@H](CO)O[C@@H]1[O-]. The van der Waals surface area contributed by atoms with E-state index in [0.29, 0.717) is 6.54 Å². The number of ether oxygens (including phenoxy) is 1. The summed E-state index contributed by atoms with van der Waals surface area (Å²) in [5, 5.41) is 41.3. The first-order valence-corrected chi connectivity index (χ1v) is 8.49. The minimum atomic E-state index is -1.69. The molecule has 7 nitrogen and oxygen atoms in total. The maximum absolute atomic E-state index is 12.1. The molecule has 1 saturated heterocycles. The van der Waals surface area contributed by atoms with Crippen LogP contribution in [-0.2, 0) is 9.53 Å². The molecule has 3 N–H and O–H groups in total. The summed E-state index contributed by atoms with van der Waals surface area (Å²) in [5.41, 5.74) is 0. The largest absolute Gasteiger partial charge is 0.829 e. The zero-order chi connectivity index (χ0) is 17.4. The van der Waals surface area contributed by atoms with E-state index >= 15 is 0 Å². The Labute approximate surface area is 137 Å². The lowest BCUT2D eigenvalue weighted by molar-refractivity contribution is -0.525. The number of amides is 1. The third kappa shape index (κ3) is 5.69. The van der Waals surface area contributed by atoms with E-state index < -0.39 is 37.3 Å². The first-order valence-electron chi connectivity index (χ1n) is 8.49. The van der Waals surface area contributed by atoms with Crippen LogP contribution in [-0.4, -0.2) is 69.9 Å². The standard InChI is InChI=1S/C16H30NO6/c1-3-4-5-6-7-8-9-17(11(2)19)13-15(21)14(20)12(10-18)23-16(13)22/h12-16,18,20-21H,3-10H2,1-2H3/q-1/t12-,13-,14-,15-,16+/m1/s1. The average molecular weight is 332 g/mol. The molecule has 0 bridgehead atoms. The van der Waals surface area contributed by atoms with Gasteiger partial charge in [0.05, 0.1) is 12.6 Å². The minimum Gasteiger partial charge on any atom is -0.829 e. The van der Waals surface area contributed by atoms with E-state index in [0.717, 1.165) is 32.1 Å². The van der Waals surface area contributed by atoms with Crippen LogP contribution in [0.2, 0.25) is 0 Å². The van der Waals surface area contributed by atoms with Crippen LogP contribution in [0.25, 0.3) is 0 Å². The molecule has 5 atom stereocenters. The monoisotopic (exact) mass is 332 g/mol. The number of aliphatic hydroxyl groups is 3. The molecule has 1 amide bonds. The quantitative estimate of drug-likeness (QED) is 0.484. The molecule has 1 aliphatic heterocycles. The van der Waals surface area contributed by atoms with Gasteiger partial charge in [-0.15, -0.1) is 0 Å². The van der Waals surface area contributed by atoms with Crippen molar-refractivity contribution in [3.63, 3.8) is 0 Å². The Morgan fingerprint density at radius 1 is 1.13 bits per heavy atom. The van der Waals surface area contributed by atoms with E-state index in [-0.39, 0.29) is 5.91 Å². The predicted octanol–water partition coefficient (Wildman–Crippen LogP) is -0.637. The first-order chi connectivity index (χ1) is 10.9. The lowest BCUT2D eigenvalue weighted by Gasteiger charge is -2.50. The van der Waals surface area contributed by atoms with Gasteiger partial charge in [-0.1, -0.05) is 39.0 Å². The van der Waals surface area contributed by atoms with Gasteiger partial charge in [-0.25, -0.2) is 0 Å². The number of carbonyl (C=O) groups excluding carboxylic acids is 1. The van der Waals surface area contributed by atoms with Gasteiger partial charge in [-0.2, -0.15) is 0 Å². The van der Waals surface area contributed by atoms with Crippen molar-refractivity contribution in [2.45, 2.75) is 83.0 Å². The highest BCUT2D eigenvalue weighted by molar-refractivity contribution is 5.73. The molecule has 0 aliphatic carbocycles. The maximum atomic E-state index is 12.1. The highest BCUT2D eigenvalue weighted by atomic mass is 16.6. The number of hydrogen-bond acceptors (Lipinski definition) is 6. The van der Waals surface area contributed by atoms with E-state index in [1.165, 1.54) is 18.2 Å². The third-order valence-corrected chi connectivity index (χ3v) is 4.37. The fourth-order valence-electron chi connectivity index (χ4n) is 2.98. The zero-order valence-corrected chi connectivity index (χ0v) is 14.1. The summed E-state index contributed by atoms with van der Waals surface area (Å²) in [6.45, 7) is 3.27. The first kappa shape index (κ1) is 20.3. The summed E-state index contributed by atoms with van der Waals surface area (Å²) >= 11 is 0. The summed E-state index contributed by atoms with van der Waals surface area (Å²) < 4.78 is 5.01. The summed E-state index contributed by atoms with van der Waals surface area (Å²) in [6, 6.07) is -1.14. The second-order valence-electron chi connectivity index (χ2n) is 6.18. The van der Waals surface area contributed by atoms with Crippen molar-refractivity contribution in [1.82, 2.24) is 4.90 Å². The van der Waals surface area contributed by atoms with E-state index in [9.17, 15) is 20.1 Å². The molecule has 0 unspecified atom stereocenters. The molecule has 0 spiro atoms. The molecule has 23 heavy (non-hydrogen) atoms. The Morgan fingerprint density at radius 2 is 1.74 bits per heavy atom. The van der Waals surface area contributed by atoms with Gasteiger partial charge in [0.2, 0.25) is 5.91 Å². The number of aliphatic hydroxyl groups excluding tert-OH is 3. The number of rotatable bonds is 9. The zero-order valence-electron chi connectivity index (χ0n) is 14.1. The molecule has 0 radical (unpaired) electrons. The highest BCUT2D eigenvalue weighted by Gasteiger charge is 2.43. The van der Waals surface area contributed by atoms with Gasteiger partial charge in [-0.05, 0) is 6.42 Å². The summed E-state index contributed by atoms with van der Waals surface area (Å²) in [5.74, 6) is -0.332. The third-order valence-electron chi connectivity index (χ3n) is 4.37. The van der Waals surface area contributed by atoms with Crippen LogP contribution in [0.4, 0.5) is 0 Å². The van der Waals surface area contributed by atoms with E-state index in [1.54, 1.807) is 0 Å². The molecule has 1 aliphatic rings. The van der Waals surface area contributed by atoms with Crippen LogP contribution in [0.1, 0.15) is 52.4 Å². The van der Waals surface area contributed by atoms with Crippen LogP contribution in [0, 0.1) is 0 Å². The van der Waals surface area contributed by atoms with Crippen LogP contribution in [0.15, 0.2) is 0 Å². The van der Waals surface area contributed by atoms with E-state index in [4.69, 9.17) is 9.84 Å². The molecule has 7 heteroatoms. The molecule has 0 saturated carbocycles. The number of hydrogen-bond donors (Lipinski definition) is 3. The van der Waals surface area contributed by atoms with Crippen molar-refractivity contribution < 1.29 is 30.0 Å². The summed E-state index contributed by atoms with van der Waals surface area (Å²) in [6.07, 6.45) is 0.620. The van der Waals surface area contributed by atoms with E-state index in [2.05, 4.69) is 6.92 Å². The second-order valence-corrected chi connectivity index (χ2v) is 6.18. The van der Waals surface area contributed by atoms with Crippen molar-refractivity contribution in [3.05, 3.63) is 0 Å². The van der Waals surface area contributed by atoms with Gasteiger partial charge in [-0.3, -0.25) is 4.79 Å². The van der Waals surface area contributed by atoms with Crippen LogP contribution in [0.5, 0.6) is 0 Å². The fourth-order valence-corrected chi connectivity index (χ4v) is 2.98. The predicted molar refractivity (Wildman–Crippen MR) is 82.3 cm³/mol. The van der Waals surface area contributed by atoms with Gasteiger partial charge < -0.3 is 30.1 Å². The molecule has 0 aromatic heterocycles. The number of carbonyl (C=O) groups is 1. The van der Waals surface area contributed by atoms with Gasteiger partial charge in [0, 0.05) is 19.8 Å². The fraction of sp³-hybridized carbons (Fsp3) is 0.938. The van der Waals surface area contributed by atoms with Crippen LogP contribution < -0.4 is 5.11 Å². The molecule has 0 aromatic carbocycles. The Bertz CT molecular complexity index is 353. The van der Waals surface area contributed by atoms with Gasteiger partial charge in [0.25, 0.3) is 0 Å². The average Bonchev–Trinajstić information content (AvgIpc) is 2.52. The Balaban J connectivity index is 2.60. The van der Waals surface area contributed by atoms with Gasteiger partial charge in [0.15, 0.2) is 0 Å². The molecular formula is C16H30NO6-. The summed E-state index contributed by atoms with van der Waals surface area (Å²) in [4.78, 5) is 13.1. The number of unbranched alkanes of at least 4 members (excludes halogenated alkanes) is 5. The Morgan fingerprint density at radius 3 is 2.30 bits per heavy atom. The lowest BCUT2D eigenvalue weighted by atomic mass is 9.95. The van der Waals surface area contributed by atoms with Crippen molar-refractivity contribution in [1.29, 1.82) is 0 Å². The molecule has 0 aromatic rings. The van der Waals surface area contributed by atoms with Crippen LogP contribution >= 0.6 is 0 Å². The normalized spacial score (nSPS) is 31.1. The molecule has 1 heterocycles. The molecule has 1 rings (SSSR count). The van der Waals surface area contributed by atoms with Crippen molar-refractivity contribution in [2.24, 2.45) is 0 Å². The van der Waals surface area contributed by atoms with Gasteiger partial charge >= 0.3 is 0 Å². The van der Waals surface area contributed by atoms with E-state index in [1.807, 2.05) is 0 Å². The maximum Gasteiger partial charge on any atom is 0.219 e. The van der Waals surface area contributed by atoms with Crippen molar-refractivity contribution in [3.8, 4) is 0 Å². The lowest BCUT2D eigenvalue weighted by Crippen LogP contribution is -2.68. The topological polar surface area (TPSA) is 113 Å². The molecule has 136 valence electrons. The van der Waals surface area contributed by atoms with Gasteiger partial charge in [0.1, 0.15) is 18.3 Å². The molecular weight excluding hydrogens is 302 g/mol. The second kappa shape index (κ2) is 10.2.